The van der Waals surface area contributed by atoms with Crippen molar-refractivity contribution < 1.29 is 9.53 Å². The number of methoxy groups -OCH3 is 1. The first kappa shape index (κ1) is 21.1. The maximum absolute atomic E-state index is 11.7. The van der Waals surface area contributed by atoms with Gasteiger partial charge in [0.1, 0.15) is 5.75 Å². The third-order valence-electron chi connectivity index (χ3n) is 4.90. The zero-order valence-electron chi connectivity index (χ0n) is 17.4. The van der Waals surface area contributed by atoms with Gasteiger partial charge in [-0.2, -0.15) is 0 Å². The van der Waals surface area contributed by atoms with Crippen LogP contribution in [0.25, 0.3) is 11.3 Å². The van der Waals surface area contributed by atoms with E-state index in [2.05, 4.69) is 29.0 Å². The number of ketones is 1. The topological polar surface area (TPSA) is 43.6 Å². The number of Topliss-reactive ketones (excluding diaryl/α,β-unsaturated/α-hetero) is 1. The Kier molecular flexibility index (Phi) is 7.42. The number of ether oxygens (including phenoxy) is 1. The minimum atomic E-state index is 0.0552. The molecule has 0 spiro atoms. The van der Waals surface area contributed by atoms with Crippen LogP contribution < -0.4 is 9.54 Å². The number of hydrogen-bond donors (Lipinski definition) is 0. The van der Waals surface area contributed by atoms with Crippen LogP contribution in [0, 0.1) is 0 Å². The molecule has 29 heavy (non-hydrogen) atoms. The molecule has 0 bridgehead atoms. The van der Waals surface area contributed by atoms with Gasteiger partial charge >= 0.3 is 0 Å². The van der Waals surface area contributed by atoms with E-state index in [1.165, 1.54) is 19.3 Å². The molecule has 0 atom stereocenters. The van der Waals surface area contributed by atoms with Crippen LogP contribution in [0.4, 0.5) is 5.69 Å². The number of rotatable bonds is 9. The molecule has 3 aromatic rings. The third kappa shape index (κ3) is 5.45. The van der Waals surface area contributed by atoms with Gasteiger partial charge in [0.15, 0.2) is 10.6 Å². The largest absolute Gasteiger partial charge is 0.497 e. The van der Waals surface area contributed by atoms with E-state index in [0.717, 1.165) is 40.5 Å². The van der Waals surface area contributed by atoms with Crippen molar-refractivity contribution >= 4 is 22.8 Å². The highest BCUT2D eigenvalue weighted by atomic mass is 32.1. The van der Waals surface area contributed by atoms with Crippen LogP contribution in [-0.2, 0) is 6.54 Å². The van der Waals surface area contributed by atoms with Crippen molar-refractivity contribution in [1.82, 2.24) is 4.57 Å². The molecule has 0 N–H and O–H groups in total. The number of thiazole rings is 1. The average molecular weight is 409 g/mol. The first-order valence-electron chi connectivity index (χ1n) is 10.1. The second kappa shape index (κ2) is 10.2. The number of carbonyl (C=O) groups is 1. The lowest BCUT2D eigenvalue weighted by Gasteiger charge is -2.10. The summed E-state index contributed by atoms with van der Waals surface area (Å²) in [6.07, 6.45) is 4.79. The van der Waals surface area contributed by atoms with E-state index in [9.17, 15) is 4.79 Å². The highest BCUT2D eigenvalue weighted by Gasteiger charge is 2.09. The number of carbonyl (C=O) groups excluding carboxylic acids is 1. The van der Waals surface area contributed by atoms with E-state index in [1.807, 2.05) is 36.4 Å². The molecule has 0 saturated heterocycles. The van der Waals surface area contributed by atoms with Crippen LogP contribution in [-0.4, -0.2) is 17.5 Å². The second-order valence-corrected chi connectivity index (χ2v) is 7.90. The fourth-order valence-corrected chi connectivity index (χ4v) is 4.18. The molecule has 0 amide bonds. The highest BCUT2D eigenvalue weighted by Crippen LogP contribution is 2.24. The lowest BCUT2D eigenvalue weighted by atomic mass is 10.1. The Morgan fingerprint density at radius 2 is 1.90 bits per heavy atom. The van der Waals surface area contributed by atoms with Gasteiger partial charge in [0, 0.05) is 17.5 Å². The number of hydrogen-bond acceptors (Lipinski definition) is 4. The van der Waals surface area contributed by atoms with Gasteiger partial charge in [-0.15, -0.1) is 11.3 Å². The van der Waals surface area contributed by atoms with Crippen LogP contribution in [0.3, 0.4) is 0 Å². The molecule has 5 heteroatoms. The van der Waals surface area contributed by atoms with Crippen LogP contribution in [0.15, 0.2) is 58.9 Å². The van der Waals surface area contributed by atoms with Gasteiger partial charge in [-0.1, -0.05) is 38.3 Å². The Morgan fingerprint density at radius 3 is 2.59 bits per heavy atom. The molecule has 0 radical (unpaired) electrons. The lowest BCUT2D eigenvalue weighted by molar-refractivity contribution is 0.101. The molecule has 1 aromatic heterocycles. The predicted molar refractivity (Wildman–Crippen MR) is 120 cm³/mol. The van der Waals surface area contributed by atoms with Crippen molar-refractivity contribution in [3.8, 4) is 17.0 Å². The van der Waals surface area contributed by atoms with Gasteiger partial charge < -0.3 is 9.30 Å². The van der Waals surface area contributed by atoms with Crippen molar-refractivity contribution in [2.45, 2.75) is 46.1 Å². The molecule has 0 aliphatic rings. The zero-order chi connectivity index (χ0) is 20.6. The molecule has 4 nitrogen and oxygen atoms in total. The van der Waals surface area contributed by atoms with Gasteiger partial charge in [0.25, 0.3) is 0 Å². The fraction of sp³-hybridized carbons (Fsp3) is 0.333. The smallest absolute Gasteiger partial charge is 0.190 e. The molecule has 1 heterocycles. The summed E-state index contributed by atoms with van der Waals surface area (Å²) >= 11 is 1.63. The zero-order valence-corrected chi connectivity index (χ0v) is 18.2. The van der Waals surface area contributed by atoms with E-state index in [4.69, 9.17) is 9.73 Å². The van der Waals surface area contributed by atoms with Crippen molar-refractivity contribution in [3.05, 3.63) is 64.3 Å². The van der Waals surface area contributed by atoms with Crippen molar-refractivity contribution in [2.75, 3.05) is 7.11 Å². The minimum absolute atomic E-state index is 0.0552. The summed E-state index contributed by atoms with van der Waals surface area (Å²) < 4.78 is 7.59. The standard InChI is InChI=1S/C24H28N2O2S/c1-4-5-6-7-15-26-23(19-11-13-22(28-3)14-12-19)17-29-24(26)25-21-10-8-9-20(16-21)18(2)27/h8-14,16-17H,4-7,15H2,1-3H3. The Morgan fingerprint density at radius 1 is 1.10 bits per heavy atom. The Balaban J connectivity index is 2.00. The average Bonchev–Trinajstić information content (AvgIpc) is 3.13. The minimum Gasteiger partial charge on any atom is -0.497 e. The number of aromatic nitrogens is 1. The maximum Gasteiger partial charge on any atom is 0.190 e. The monoisotopic (exact) mass is 408 g/mol. The molecule has 0 aliphatic carbocycles. The van der Waals surface area contributed by atoms with E-state index >= 15 is 0 Å². The quantitative estimate of drug-likeness (QED) is 0.311. The van der Waals surface area contributed by atoms with Gasteiger partial charge in [-0.3, -0.25) is 4.79 Å². The van der Waals surface area contributed by atoms with Crippen LogP contribution >= 0.6 is 11.3 Å². The number of unbranched alkanes of at least 4 members (excludes halogenated alkanes) is 3. The number of benzene rings is 2. The normalized spacial score (nSPS) is 11.6. The number of nitrogens with zero attached hydrogens (tertiary/aromatic N) is 2. The van der Waals surface area contributed by atoms with Gasteiger partial charge in [-0.05, 0) is 55.3 Å². The van der Waals surface area contributed by atoms with Crippen LogP contribution in [0.1, 0.15) is 49.9 Å². The summed E-state index contributed by atoms with van der Waals surface area (Å²) in [5.41, 5.74) is 3.81. The molecular formula is C24H28N2O2S. The second-order valence-electron chi connectivity index (χ2n) is 7.06. The lowest BCUT2D eigenvalue weighted by Crippen LogP contribution is -2.16. The molecular weight excluding hydrogens is 380 g/mol. The molecule has 152 valence electrons. The summed E-state index contributed by atoms with van der Waals surface area (Å²) in [4.78, 5) is 17.5. The summed E-state index contributed by atoms with van der Waals surface area (Å²) in [5, 5.41) is 2.16. The molecule has 0 fully saturated rings. The fourth-order valence-electron chi connectivity index (χ4n) is 3.23. The van der Waals surface area contributed by atoms with E-state index in [-0.39, 0.29) is 5.78 Å². The van der Waals surface area contributed by atoms with Gasteiger partial charge in [0.2, 0.25) is 0 Å². The van der Waals surface area contributed by atoms with Crippen molar-refractivity contribution in [2.24, 2.45) is 4.99 Å². The summed E-state index contributed by atoms with van der Waals surface area (Å²) in [7, 11) is 1.68. The summed E-state index contributed by atoms with van der Waals surface area (Å²) in [5.74, 6) is 0.907. The molecule has 0 saturated carbocycles. The Bertz CT molecular complexity index is 1020. The molecule has 2 aromatic carbocycles. The van der Waals surface area contributed by atoms with Crippen molar-refractivity contribution in [1.29, 1.82) is 0 Å². The van der Waals surface area contributed by atoms with Gasteiger partial charge in [-0.25, -0.2) is 4.99 Å². The Hall–Kier alpha value is -2.66. The van der Waals surface area contributed by atoms with E-state index < -0.39 is 0 Å². The molecule has 3 rings (SSSR count). The highest BCUT2D eigenvalue weighted by molar-refractivity contribution is 7.07. The first-order chi connectivity index (χ1) is 14.1. The first-order valence-corrected chi connectivity index (χ1v) is 11.0. The van der Waals surface area contributed by atoms with E-state index in [0.29, 0.717) is 5.56 Å². The summed E-state index contributed by atoms with van der Waals surface area (Å²) in [6.45, 7) is 4.74. The maximum atomic E-state index is 11.7. The Labute approximate surface area is 176 Å². The van der Waals surface area contributed by atoms with Crippen LogP contribution in [0.2, 0.25) is 0 Å². The van der Waals surface area contributed by atoms with Gasteiger partial charge in [0.05, 0.1) is 18.5 Å². The summed E-state index contributed by atoms with van der Waals surface area (Å²) in [6, 6.07) is 15.7. The third-order valence-corrected chi connectivity index (χ3v) is 5.76. The molecule has 0 aliphatic heterocycles. The predicted octanol–water partition coefficient (Wildman–Crippen LogP) is 6.24. The SMILES string of the molecule is CCCCCCn1c(-c2ccc(OC)cc2)csc1=Nc1cccc(C(C)=O)c1. The van der Waals surface area contributed by atoms with E-state index in [1.54, 1.807) is 25.4 Å². The van der Waals surface area contributed by atoms with Crippen LogP contribution in [0.5, 0.6) is 5.75 Å². The van der Waals surface area contributed by atoms with Crippen molar-refractivity contribution in [3.63, 3.8) is 0 Å². The molecule has 0 unspecified atom stereocenters.